The Morgan fingerprint density at radius 2 is 1.83 bits per heavy atom. The maximum absolute atomic E-state index is 12.2. The lowest BCUT2D eigenvalue weighted by Gasteiger charge is -2.17. The Morgan fingerprint density at radius 3 is 2.57 bits per heavy atom. The lowest BCUT2D eigenvalue weighted by atomic mass is 9.99. The predicted octanol–water partition coefficient (Wildman–Crippen LogP) is 2.95. The fourth-order valence-corrected chi connectivity index (χ4v) is 2.95. The molecule has 3 rings (SSSR count). The summed E-state index contributed by atoms with van der Waals surface area (Å²) in [7, 11) is 0. The normalized spacial score (nSPS) is 17.3. The zero-order valence-corrected chi connectivity index (χ0v) is 13.2. The van der Waals surface area contributed by atoms with E-state index in [1.165, 1.54) is 0 Å². The van der Waals surface area contributed by atoms with Crippen molar-refractivity contribution in [2.24, 2.45) is 0 Å². The largest absolute Gasteiger partial charge is 0.333 e. The van der Waals surface area contributed by atoms with E-state index in [0.717, 1.165) is 16.8 Å². The third-order valence-corrected chi connectivity index (χ3v) is 4.24. The maximum Gasteiger partial charge on any atom is 0.244 e. The number of nitrogens with zero attached hydrogens (tertiary/aromatic N) is 1. The Morgan fingerprint density at radius 1 is 1.13 bits per heavy atom. The summed E-state index contributed by atoms with van der Waals surface area (Å²) < 4.78 is 0. The fourth-order valence-electron chi connectivity index (χ4n) is 2.95. The fraction of sp³-hybridized carbons (Fsp3) is 0.263. The van der Waals surface area contributed by atoms with Crippen molar-refractivity contribution in [3.63, 3.8) is 0 Å². The molecule has 0 bridgehead atoms. The second kappa shape index (κ2) is 6.65. The number of aryl methyl sites for hydroxylation is 1. The van der Waals surface area contributed by atoms with Crippen molar-refractivity contribution >= 4 is 17.5 Å². The van der Waals surface area contributed by atoms with Gasteiger partial charge in [-0.3, -0.25) is 9.59 Å². The van der Waals surface area contributed by atoms with E-state index in [9.17, 15) is 9.59 Å². The molecule has 0 unspecified atom stereocenters. The molecule has 118 valence electrons. The molecule has 0 radical (unpaired) electrons. The van der Waals surface area contributed by atoms with Crippen molar-refractivity contribution in [3.8, 4) is 0 Å². The SMILES string of the molecule is Cc1ccccc1NC(=O)CN1C[C@H](c2ccccc2)CC1=O. The molecule has 1 aliphatic heterocycles. The molecular formula is C19H20N2O2. The van der Waals surface area contributed by atoms with Crippen LogP contribution in [-0.2, 0) is 9.59 Å². The number of hydrogen-bond donors (Lipinski definition) is 1. The van der Waals surface area contributed by atoms with E-state index >= 15 is 0 Å². The summed E-state index contributed by atoms with van der Waals surface area (Å²) in [4.78, 5) is 26.0. The summed E-state index contributed by atoms with van der Waals surface area (Å²) >= 11 is 0. The predicted molar refractivity (Wildman–Crippen MR) is 90.2 cm³/mol. The lowest BCUT2D eigenvalue weighted by Crippen LogP contribution is -2.34. The van der Waals surface area contributed by atoms with Gasteiger partial charge in [0.05, 0.1) is 6.54 Å². The van der Waals surface area contributed by atoms with E-state index in [0.29, 0.717) is 13.0 Å². The second-order valence-corrected chi connectivity index (χ2v) is 5.95. The molecule has 4 heteroatoms. The Kier molecular flexibility index (Phi) is 4.42. The smallest absolute Gasteiger partial charge is 0.244 e. The summed E-state index contributed by atoms with van der Waals surface area (Å²) in [6.45, 7) is 2.66. The van der Waals surface area contributed by atoms with E-state index in [1.807, 2.05) is 61.5 Å². The number of amides is 2. The first kappa shape index (κ1) is 15.3. The number of carbonyl (C=O) groups is 2. The Hall–Kier alpha value is -2.62. The maximum atomic E-state index is 12.2. The van der Waals surface area contributed by atoms with Crippen LogP contribution in [0.3, 0.4) is 0 Å². The number of rotatable bonds is 4. The molecule has 1 aliphatic rings. The molecule has 2 amide bonds. The van der Waals surface area contributed by atoms with Gasteiger partial charge in [0.25, 0.3) is 0 Å². The Balaban J connectivity index is 1.61. The number of nitrogens with one attached hydrogen (secondary N) is 1. The van der Waals surface area contributed by atoms with Gasteiger partial charge in [0.15, 0.2) is 0 Å². The number of benzene rings is 2. The molecule has 1 atom stereocenters. The average molecular weight is 308 g/mol. The number of carbonyl (C=O) groups excluding carboxylic acids is 2. The average Bonchev–Trinajstić information content (AvgIpc) is 2.91. The molecule has 1 N–H and O–H groups in total. The van der Waals surface area contributed by atoms with Crippen LogP contribution >= 0.6 is 0 Å². The molecule has 1 fully saturated rings. The molecule has 0 saturated carbocycles. The minimum absolute atomic E-state index is 0.0405. The highest BCUT2D eigenvalue weighted by Crippen LogP contribution is 2.27. The summed E-state index contributed by atoms with van der Waals surface area (Å²) in [6.07, 6.45) is 0.474. The highest BCUT2D eigenvalue weighted by Gasteiger charge is 2.31. The van der Waals surface area contributed by atoms with Gasteiger partial charge in [-0.2, -0.15) is 0 Å². The Labute approximate surface area is 136 Å². The quantitative estimate of drug-likeness (QED) is 0.944. The van der Waals surface area contributed by atoms with Crippen LogP contribution in [0.4, 0.5) is 5.69 Å². The first-order chi connectivity index (χ1) is 11.1. The molecule has 0 aromatic heterocycles. The van der Waals surface area contributed by atoms with E-state index < -0.39 is 0 Å². The first-order valence-electron chi connectivity index (χ1n) is 7.81. The van der Waals surface area contributed by atoms with Crippen LogP contribution in [-0.4, -0.2) is 29.8 Å². The molecule has 1 saturated heterocycles. The topological polar surface area (TPSA) is 49.4 Å². The minimum atomic E-state index is -0.152. The molecule has 2 aromatic rings. The molecule has 23 heavy (non-hydrogen) atoms. The minimum Gasteiger partial charge on any atom is -0.333 e. The standard InChI is InChI=1S/C19H20N2O2/c1-14-7-5-6-10-17(14)20-18(22)13-21-12-16(11-19(21)23)15-8-3-2-4-9-15/h2-10,16H,11-13H2,1H3,(H,20,22)/t16-/m1/s1. The highest BCUT2D eigenvalue weighted by atomic mass is 16.2. The van der Waals surface area contributed by atoms with Gasteiger partial charge in [-0.1, -0.05) is 48.5 Å². The molecule has 0 aliphatic carbocycles. The van der Waals surface area contributed by atoms with Crippen molar-refractivity contribution in [3.05, 3.63) is 65.7 Å². The molecule has 2 aromatic carbocycles. The molecule has 1 heterocycles. The van der Waals surface area contributed by atoms with Gasteiger partial charge in [-0.05, 0) is 24.1 Å². The van der Waals surface area contributed by atoms with Crippen LogP contribution < -0.4 is 5.32 Å². The second-order valence-electron chi connectivity index (χ2n) is 5.95. The summed E-state index contributed by atoms with van der Waals surface area (Å²) in [6, 6.07) is 17.6. The van der Waals surface area contributed by atoms with Gasteiger partial charge in [0.1, 0.15) is 0 Å². The van der Waals surface area contributed by atoms with Gasteiger partial charge in [-0.15, -0.1) is 0 Å². The van der Waals surface area contributed by atoms with Crippen molar-refractivity contribution < 1.29 is 9.59 Å². The zero-order valence-electron chi connectivity index (χ0n) is 13.2. The molecule has 4 nitrogen and oxygen atoms in total. The zero-order chi connectivity index (χ0) is 16.2. The van der Waals surface area contributed by atoms with Crippen molar-refractivity contribution in [2.75, 3.05) is 18.4 Å². The van der Waals surface area contributed by atoms with E-state index in [-0.39, 0.29) is 24.3 Å². The van der Waals surface area contributed by atoms with E-state index in [2.05, 4.69) is 5.32 Å². The number of para-hydroxylation sites is 1. The van der Waals surface area contributed by atoms with Crippen LogP contribution in [0.2, 0.25) is 0 Å². The van der Waals surface area contributed by atoms with Crippen molar-refractivity contribution in [1.29, 1.82) is 0 Å². The first-order valence-corrected chi connectivity index (χ1v) is 7.81. The van der Waals surface area contributed by atoms with Gasteiger partial charge >= 0.3 is 0 Å². The van der Waals surface area contributed by atoms with Crippen LogP contribution in [0.5, 0.6) is 0 Å². The third kappa shape index (κ3) is 3.59. The lowest BCUT2D eigenvalue weighted by molar-refractivity contribution is -0.131. The van der Waals surface area contributed by atoms with Crippen molar-refractivity contribution in [1.82, 2.24) is 4.90 Å². The number of hydrogen-bond acceptors (Lipinski definition) is 2. The van der Waals surface area contributed by atoms with E-state index in [1.54, 1.807) is 4.90 Å². The van der Waals surface area contributed by atoms with Gasteiger partial charge in [0.2, 0.25) is 11.8 Å². The Bertz CT molecular complexity index is 712. The third-order valence-electron chi connectivity index (χ3n) is 4.24. The monoisotopic (exact) mass is 308 g/mol. The summed E-state index contributed by atoms with van der Waals surface area (Å²) in [5, 5.41) is 2.88. The molecule has 0 spiro atoms. The van der Waals surface area contributed by atoms with Gasteiger partial charge < -0.3 is 10.2 Å². The van der Waals surface area contributed by atoms with Crippen LogP contribution in [0.1, 0.15) is 23.5 Å². The highest BCUT2D eigenvalue weighted by molar-refractivity contribution is 5.95. The van der Waals surface area contributed by atoms with E-state index in [4.69, 9.17) is 0 Å². The van der Waals surface area contributed by atoms with Gasteiger partial charge in [-0.25, -0.2) is 0 Å². The van der Waals surface area contributed by atoms with Crippen LogP contribution in [0.15, 0.2) is 54.6 Å². The summed E-state index contributed by atoms with van der Waals surface area (Å²) in [5.41, 5.74) is 2.96. The van der Waals surface area contributed by atoms with Crippen LogP contribution in [0.25, 0.3) is 0 Å². The summed E-state index contributed by atoms with van der Waals surface area (Å²) in [5.74, 6) is 0.0649. The van der Waals surface area contributed by atoms with Crippen LogP contribution in [0, 0.1) is 6.92 Å². The van der Waals surface area contributed by atoms with Gasteiger partial charge in [0, 0.05) is 24.6 Å². The van der Waals surface area contributed by atoms with Crippen molar-refractivity contribution in [2.45, 2.75) is 19.3 Å². The number of anilines is 1. The molecular weight excluding hydrogens is 288 g/mol. The number of likely N-dealkylation sites (tertiary alicyclic amines) is 1.